The molecule has 1 aromatic heterocycles. The van der Waals surface area contributed by atoms with Crippen molar-refractivity contribution in [3.05, 3.63) is 21.9 Å². The smallest absolute Gasteiger partial charge is 0.270 e. The van der Waals surface area contributed by atoms with Crippen LogP contribution in [0.4, 0.5) is 0 Å². The first-order valence-electron chi connectivity index (χ1n) is 5.99. The van der Waals surface area contributed by atoms with Crippen LogP contribution in [0, 0.1) is 0 Å². The van der Waals surface area contributed by atoms with Crippen LogP contribution in [0.2, 0.25) is 10.2 Å². The Balaban J connectivity index is 2.24. The highest BCUT2D eigenvalue weighted by Crippen LogP contribution is 2.27. The van der Waals surface area contributed by atoms with Crippen molar-refractivity contribution >= 4 is 29.1 Å². The number of halogens is 2. The highest BCUT2D eigenvalue weighted by molar-refractivity contribution is 6.41. The number of rotatable bonds is 2. The zero-order valence-corrected chi connectivity index (χ0v) is 12.3. The van der Waals surface area contributed by atoms with Gasteiger partial charge in [-0.1, -0.05) is 23.2 Å². The molecule has 2 rings (SSSR count). The van der Waals surface area contributed by atoms with Crippen LogP contribution in [0.5, 0.6) is 0 Å². The van der Waals surface area contributed by atoms with E-state index >= 15 is 0 Å². The Bertz CT molecular complexity index is 490. The Morgan fingerprint density at radius 1 is 1.58 bits per heavy atom. The van der Waals surface area contributed by atoms with Gasteiger partial charge < -0.3 is 19.3 Å². The topological polar surface area (TPSA) is 54.7 Å². The third-order valence-corrected chi connectivity index (χ3v) is 4.15. The van der Waals surface area contributed by atoms with Crippen molar-refractivity contribution in [1.29, 1.82) is 0 Å². The fraction of sp³-hybridized carbons (Fsp3) is 0.583. The van der Waals surface area contributed by atoms with E-state index < -0.39 is 0 Å². The molecule has 1 aliphatic rings. The molecule has 7 heteroatoms. The van der Waals surface area contributed by atoms with Gasteiger partial charge in [0.1, 0.15) is 10.8 Å². The first-order valence-corrected chi connectivity index (χ1v) is 6.75. The molecule has 5 nitrogen and oxygen atoms in total. The highest BCUT2D eigenvalue weighted by Gasteiger charge is 2.31. The predicted molar refractivity (Wildman–Crippen MR) is 72.8 cm³/mol. The first-order chi connectivity index (χ1) is 8.95. The molecule has 0 spiro atoms. The van der Waals surface area contributed by atoms with E-state index in [-0.39, 0.29) is 24.7 Å². The van der Waals surface area contributed by atoms with E-state index in [1.165, 1.54) is 0 Å². The predicted octanol–water partition coefficient (Wildman–Crippen LogP) is 1.55. The Kier molecular flexibility index (Phi) is 4.40. The van der Waals surface area contributed by atoms with E-state index in [0.717, 1.165) is 0 Å². The van der Waals surface area contributed by atoms with Gasteiger partial charge in [-0.25, -0.2) is 0 Å². The molecule has 2 heterocycles. The van der Waals surface area contributed by atoms with Crippen molar-refractivity contribution in [2.75, 3.05) is 19.8 Å². The molecule has 19 heavy (non-hydrogen) atoms. The number of carbonyl (C=O) groups is 1. The zero-order chi connectivity index (χ0) is 14.2. The third kappa shape index (κ3) is 2.74. The Morgan fingerprint density at radius 2 is 2.26 bits per heavy atom. The molecule has 1 aromatic rings. The lowest BCUT2D eigenvalue weighted by molar-refractivity contribution is -0.0669. The summed E-state index contributed by atoms with van der Waals surface area (Å²) in [5.74, 6) is -0.162. The Labute approximate surface area is 121 Å². The standard InChI is InChI=1S/C12H16Cl2N2O3/c1-7-6-19-8(5-17)4-16(7)12(18)10-3-9(13)11(14)15(10)2/h3,7-8,17H,4-6H2,1-2H3. The second-order valence-electron chi connectivity index (χ2n) is 4.67. The van der Waals surface area contributed by atoms with Crippen molar-refractivity contribution in [2.45, 2.75) is 19.1 Å². The normalized spacial score (nSPS) is 23.7. The largest absolute Gasteiger partial charge is 0.394 e. The lowest BCUT2D eigenvalue weighted by atomic mass is 10.2. The van der Waals surface area contributed by atoms with Crippen molar-refractivity contribution in [2.24, 2.45) is 7.05 Å². The molecular weight excluding hydrogens is 291 g/mol. The molecule has 1 aliphatic heterocycles. The van der Waals surface area contributed by atoms with Crippen LogP contribution in [-0.4, -0.2) is 52.4 Å². The third-order valence-electron chi connectivity index (χ3n) is 3.31. The molecular formula is C12H16Cl2N2O3. The second-order valence-corrected chi connectivity index (χ2v) is 5.44. The maximum Gasteiger partial charge on any atom is 0.270 e. The summed E-state index contributed by atoms with van der Waals surface area (Å²) in [6.45, 7) is 2.56. The van der Waals surface area contributed by atoms with Gasteiger partial charge in [-0.3, -0.25) is 4.79 Å². The molecule has 2 atom stereocenters. The van der Waals surface area contributed by atoms with Gasteiger partial charge in [0.05, 0.1) is 30.4 Å². The summed E-state index contributed by atoms with van der Waals surface area (Å²) in [4.78, 5) is 14.2. The number of hydrogen-bond donors (Lipinski definition) is 1. The number of ether oxygens (including phenoxy) is 1. The number of aliphatic hydroxyl groups is 1. The summed E-state index contributed by atoms with van der Waals surface area (Å²) in [5, 5.41) is 9.83. The van der Waals surface area contributed by atoms with Crippen LogP contribution in [-0.2, 0) is 11.8 Å². The van der Waals surface area contributed by atoms with E-state index in [1.54, 1.807) is 22.6 Å². The van der Waals surface area contributed by atoms with Crippen molar-refractivity contribution in [1.82, 2.24) is 9.47 Å². The number of hydrogen-bond acceptors (Lipinski definition) is 3. The van der Waals surface area contributed by atoms with Gasteiger partial charge in [0.2, 0.25) is 0 Å². The van der Waals surface area contributed by atoms with Gasteiger partial charge >= 0.3 is 0 Å². The summed E-state index contributed by atoms with van der Waals surface area (Å²) < 4.78 is 6.97. The summed E-state index contributed by atoms with van der Waals surface area (Å²) in [7, 11) is 1.69. The van der Waals surface area contributed by atoms with E-state index in [0.29, 0.717) is 29.0 Å². The SMILES string of the molecule is CC1COC(CO)CN1C(=O)c1cc(Cl)c(Cl)n1C. The molecule has 1 fully saturated rings. The van der Waals surface area contributed by atoms with E-state index in [2.05, 4.69) is 0 Å². The number of amides is 1. The summed E-state index contributed by atoms with van der Waals surface area (Å²) in [6.07, 6.45) is -0.341. The Morgan fingerprint density at radius 3 is 2.79 bits per heavy atom. The number of aliphatic hydroxyl groups excluding tert-OH is 1. The van der Waals surface area contributed by atoms with Crippen LogP contribution < -0.4 is 0 Å². The van der Waals surface area contributed by atoms with Gasteiger partial charge in [0.15, 0.2) is 0 Å². The lowest BCUT2D eigenvalue weighted by Crippen LogP contribution is -2.52. The van der Waals surface area contributed by atoms with Crippen molar-refractivity contribution in [3.63, 3.8) is 0 Å². The van der Waals surface area contributed by atoms with Crippen molar-refractivity contribution in [3.8, 4) is 0 Å². The van der Waals surface area contributed by atoms with Crippen molar-refractivity contribution < 1.29 is 14.6 Å². The van der Waals surface area contributed by atoms with E-state index in [9.17, 15) is 4.79 Å². The summed E-state index contributed by atoms with van der Waals surface area (Å²) in [6, 6.07) is 1.50. The number of nitrogens with zero attached hydrogens (tertiary/aromatic N) is 2. The fourth-order valence-corrected chi connectivity index (χ4v) is 2.48. The van der Waals surface area contributed by atoms with Gasteiger partial charge in [-0.15, -0.1) is 0 Å². The monoisotopic (exact) mass is 306 g/mol. The zero-order valence-electron chi connectivity index (χ0n) is 10.8. The molecule has 1 N–H and O–H groups in total. The average Bonchev–Trinajstić information content (AvgIpc) is 2.66. The molecule has 0 aliphatic carbocycles. The van der Waals surface area contributed by atoms with Crippen LogP contribution in [0.25, 0.3) is 0 Å². The Hall–Kier alpha value is -0.750. The number of aromatic nitrogens is 1. The van der Waals surface area contributed by atoms with Crippen LogP contribution >= 0.6 is 23.2 Å². The minimum atomic E-state index is -0.341. The molecule has 0 bridgehead atoms. The molecule has 2 unspecified atom stereocenters. The minimum absolute atomic E-state index is 0.0530. The molecule has 1 saturated heterocycles. The molecule has 0 radical (unpaired) electrons. The molecule has 106 valence electrons. The van der Waals surface area contributed by atoms with E-state index in [1.807, 2.05) is 6.92 Å². The molecule has 1 amide bonds. The number of morpholine rings is 1. The van der Waals surface area contributed by atoms with Gasteiger partial charge in [0, 0.05) is 13.6 Å². The summed E-state index contributed by atoms with van der Waals surface area (Å²) >= 11 is 11.9. The fourth-order valence-electron chi connectivity index (χ4n) is 2.11. The number of carbonyl (C=O) groups excluding carboxylic acids is 1. The maximum absolute atomic E-state index is 12.5. The lowest BCUT2D eigenvalue weighted by Gasteiger charge is -2.37. The minimum Gasteiger partial charge on any atom is -0.394 e. The van der Waals surface area contributed by atoms with Crippen LogP contribution in [0.3, 0.4) is 0 Å². The quantitative estimate of drug-likeness (QED) is 0.902. The first kappa shape index (κ1) is 14.7. The second kappa shape index (κ2) is 5.71. The maximum atomic E-state index is 12.5. The average molecular weight is 307 g/mol. The summed E-state index contributed by atoms with van der Waals surface area (Å²) in [5.41, 5.74) is 0.431. The van der Waals surface area contributed by atoms with Gasteiger partial charge in [-0.2, -0.15) is 0 Å². The van der Waals surface area contributed by atoms with Crippen LogP contribution in [0.1, 0.15) is 17.4 Å². The molecule has 0 saturated carbocycles. The van der Waals surface area contributed by atoms with Crippen LogP contribution in [0.15, 0.2) is 6.07 Å². The van der Waals surface area contributed by atoms with Gasteiger partial charge in [0.25, 0.3) is 5.91 Å². The van der Waals surface area contributed by atoms with E-state index in [4.69, 9.17) is 33.0 Å². The highest BCUT2D eigenvalue weighted by atomic mass is 35.5. The van der Waals surface area contributed by atoms with Gasteiger partial charge in [-0.05, 0) is 13.0 Å². The molecule has 0 aromatic carbocycles.